The maximum absolute atomic E-state index is 13.6. The molecule has 0 aliphatic rings. The number of benzene rings is 4. The molecule has 5 nitrogen and oxygen atoms in total. The predicted octanol–water partition coefficient (Wildman–Crippen LogP) is 5.39. The number of nitrogens with zero attached hydrogens (tertiary/aromatic N) is 2. The van der Waals surface area contributed by atoms with Crippen LogP contribution in [0.15, 0.2) is 114 Å². The summed E-state index contributed by atoms with van der Waals surface area (Å²) in [5.41, 5.74) is 1.89. The molecule has 1 amide bonds. The summed E-state index contributed by atoms with van der Waals surface area (Å²) < 4.78 is 55.1. The summed E-state index contributed by atoms with van der Waals surface area (Å²) in [6.07, 6.45) is 0. The SMILES string of the molecule is O=C(CN(c1ccc(F)cc1)S(=O)(=O)c1ccc(F)cc1)N(Cc1ccccc1)Cc1ccccc1. The highest BCUT2D eigenvalue weighted by Gasteiger charge is 2.29. The number of hydrogen-bond donors (Lipinski definition) is 0. The van der Waals surface area contributed by atoms with E-state index >= 15 is 0 Å². The zero-order chi connectivity index (χ0) is 25.5. The van der Waals surface area contributed by atoms with Crippen LogP contribution in [0.5, 0.6) is 0 Å². The van der Waals surface area contributed by atoms with E-state index in [4.69, 9.17) is 0 Å². The topological polar surface area (TPSA) is 57.7 Å². The number of carbonyl (C=O) groups excluding carboxylic acids is 1. The molecular formula is C28H24F2N2O3S. The summed E-state index contributed by atoms with van der Waals surface area (Å²) in [5.74, 6) is -1.58. The normalized spacial score (nSPS) is 11.2. The average molecular weight is 507 g/mol. The molecule has 0 bridgehead atoms. The lowest BCUT2D eigenvalue weighted by atomic mass is 10.1. The lowest BCUT2D eigenvalue weighted by Gasteiger charge is -2.29. The maximum Gasteiger partial charge on any atom is 0.264 e. The summed E-state index contributed by atoms with van der Waals surface area (Å²) >= 11 is 0. The van der Waals surface area contributed by atoms with Crippen LogP contribution in [0.1, 0.15) is 11.1 Å². The van der Waals surface area contributed by atoms with Crippen LogP contribution in [-0.2, 0) is 27.9 Å². The zero-order valence-corrected chi connectivity index (χ0v) is 20.1. The second-order valence-electron chi connectivity index (χ2n) is 8.16. The fourth-order valence-electron chi connectivity index (χ4n) is 3.72. The summed E-state index contributed by atoms with van der Waals surface area (Å²) in [6, 6.07) is 27.9. The van der Waals surface area contributed by atoms with Crippen molar-refractivity contribution < 1.29 is 22.0 Å². The number of anilines is 1. The molecule has 0 heterocycles. The molecule has 36 heavy (non-hydrogen) atoms. The maximum atomic E-state index is 13.6. The number of carbonyl (C=O) groups is 1. The van der Waals surface area contributed by atoms with Gasteiger partial charge in [0.1, 0.15) is 18.2 Å². The van der Waals surface area contributed by atoms with Gasteiger partial charge in [-0.15, -0.1) is 0 Å². The average Bonchev–Trinajstić information content (AvgIpc) is 2.89. The minimum absolute atomic E-state index is 0.119. The van der Waals surface area contributed by atoms with E-state index in [9.17, 15) is 22.0 Å². The van der Waals surface area contributed by atoms with Gasteiger partial charge in [-0.05, 0) is 59.7 Å². The van der Waals surface area contributed by atoms with Gasteiger partial charge in [-0.25, -0.2) is 17.2 Å². The molecular weight excluding hydrogens is 482 g/mol. The fraction of sp³-hybridized carbons (Fsp3) is 0.107. The Morgan fingerprint density at radius 2 is 1.08 bits per heavy atom. The number of amides is 1. The van der Waals surface area contributed by atoms with Crippen molar-refractivity contribution in [3.63, 3.8) is 0 Å². The van der Waals surface area contributed by atoms with Crippen molar-refractivity contribution in [2.45, 2.75) is 18.0 Å². The lowest BCUT2D eigenvalue weighted by molar-refractivity contribution is -0.130. The minimum atomic E-state index is -4.26. The first-order valence-electron chi connectivity index (χ1n) is 11.2. The van der Waals surface area contributed by atoms with E-state index in [-0.39, 0.29) is 23.7 Å². The largest absolute Gasteiger partial charge is 0.332 e. The quantitative estimate of drug-likeness (QED) is 0.306. The Kier molecular flexibility index (Phi) is 7.75. The second kappa shape index (κ2) is 11.1. The molecule has 0 aliphatic carbocycles. The molecule has 4 aromatic rings. The van der Waals surface area contributed by atoms with Crippen LogP contribution in [0.25, 0.3) is 0 Å². The summed E-state index contributed by atoms with van der Waals surface area (Å²) in [7, 11) is -4.26. The number of hydrogen-bond acceptors (Lipinski definition) is 3. The molecule has 4 rings (SSSR count). The van der Waals surface area contributed by atoms with Crippen LogP contribution >= 0.6 is 0 Å². The highest BCUT2D eigenvalue weighted by atomic mass is 32.2. The van der Waals surface area contributed by atoms with Gasteiger partial charge in [-0.3, -0.25) is 9.10 Å². The molecule has 0 N–H and O–H groups in total. The molecule has 184 valence electrons. The standard InChI is InChI=1S/C28H24F2N2O3S/c29-24-11-15-26(16-12-24)32(36(34,35)27-17-13-25(30)14-18-27)21-28(33)31(19-22-7-3-1-4-8-22)20-23-9-5-2-6-10-23/h1-18H,19-21H2. The molecule has 4 aromatic carbocycles. The van der Waals surface area contributed by atoms with Crippen molar-refractivity contribution in [1.29, 1.82) is 0 Å². The van der Waals surface area contributed by atoms with Crippen molar-refractivity contribution >= 4 is 21.6 Å². The first-order valence-corrected chi connectivity index (χ1v) is 12.7. The first-order chi connectivity index (χ1) is 17.3. The smallest absolute Gasteiger partial charge is 0.264 e. The van der Waals surface area contributed by atoms with Gasteiger partial charge in [-0.2, -0.15) is 0 Å². The molecule has 0 aliphatic heterocycles. The Bertz CT molecular complexity index is 1360. The van der Waals surface area contributed by atoms with E-state index in [1.165, 1.54) is 12.1 Å². The van der Waals surface area contributed by atoms with Crippen LogP contribution in [0, 0.1) is 11.6 Å². The van der Waals surface area contributed by atoms with Gasteiger partial charge in [0.2, 0.25) is 5.91 Å². The van der Waals surface area contributed by atoms with E-state index in [1.807, 2.05) is 60.7 Å². The Labute approximate surface area is 209 Å². The molecule has 0 radical (unpaired) electrons. The van der Waals surface area contributed by atoms with Crippen molar-refractivity contribution in [2.75, 3.05) is 10.8 Å². The summed E-state index contributed by atoms with van der Waals surface area (Å²) in [5, 5.41) is 0. The summed E-state index contributed by atoms with van der Waals surface area (Å²) in [6.45, 7) is 0.00977. The summed E-state index contributed by atoms with van der Waals surface area (Å²) in [4.78, 5) is 15.0. The third-order valence-corrected chi connectivity index (χ3v) is 7.37. The third kappa shape index (κ3) is 6.14. The van der Waals surface area contributed by atoms with E-state index in [2.05, 4.69) is 0 Å². The third-order valence-electron chi connectivity index (χ3n) is 5.58. The van der Waals surface area contributed by atoms with Gasteiger partial charge in [0, 0.05) is 13.1 Å². The van der Waals surface area contributed by atoms with E-state index in [1.54, 1.807) is 4.90 Å². The molecule has 0 spiro atoms. The van der Waals surface area contributed by atoms with Crippen molar-refractivity contribution in [3.8, 4) is 0 Å². The van der Waals surface area contributed by atoms with Crippen LogP contribution < -0.4 is 4.31 Å². The molecule has 0 fully saturated rings. The Hall–Kier alpha value is -4.04. The Morgan fingerprint density at radius 3 is 1.56 bits per heavy atom. The molecule has 8 heteroatoms. The van der Waals surface area contributed by atoms with Crippen LogP contribution in [0.2, 0.25) is 0 Å². The van der Waals surface area contributed by atoms with Crippen LogP contribution in [0.4, 0.5) is 14.5 Å². The Morgan fingerprint density at radius 1 is 0.639 bits per heavy atom. The van der Waals surface area contributed by atoms with Crippen LogP contribution in [0.3, 0.4) is 0 Å². The van der Waals surface area contributed by atoms with E-state index in [0.29, 0.717) is 0 Å². The van der Waals surface area contributed by atoms with Crippen LogP contribution in [-0.4, -0.2) is 25.8 Å². The number of halogens is 2. The molecule has 0 aromatic heterocycles. The van der Waals surface area contributed by atoms with E-state index in [0.717, 1.165) is 51.8 Å². The Balaban J connectivity index is 1.69. The van der Waals surface area contributed by atoms with Gasteiger partial charge in [0.05, 0.1) is 10.6 Å². The first kappa shape index (κ1) is 25.1. The van der Waals surface area contributed by atoms with Gasteiger partial charge in [-0.1, -0.05) is 60.7 Å². The minimum Gasteiger partial charge on any atom is -0.332 e. The molecule has 0 unspecified atom stereocenters. The van der Waals surface area contributed by atoms with Gasteiger partial charge in [0.15, 0.2) is 0 Å². The predicted molar refractivity (Wildman–Crippen MR) is 134 cm³/mol. The molecule has 0 atom stereocenters. The number of rotatable bonds is 9. The molecule has 0 saturated heterocycles. The fourth-order valence-corrected chi connectivity index (χ4v) is 5.13. The number of sulfonamides is 1. The highest BCUT2D eigenvalue weighted by Crippen LogP contribution is 2.25. The zero-order valence-electron chi connectivity index (χ0n) is 19.3. The van der Waals surface area contributed by atoms with Gasteiger partial charge >= 0.3 is 0 Å². The lowest BCUT2D eigenvalue weighted by Crippen LogP contribution is -2.42. The second-order valence-corrected chi connectivity index (χ2v) is 10.0. The van der Waals surface area contributed by atoms with Crippen molar-refractivity contribution in [3.05, 3.63) is 132 Å². The monoisotopic (exact) mass is 506 g/mol. The highest BCUT2D eigenvalue weighted by molar-refractivity contribution is 7.92. The van der Waals surface area contributed by atoms with Crippen molar-refractivity contribution in [2.24, 2.45) is 0 Å². The van der Waals surface area contributed by atoms with Gasteiger partial charge < -0.3 is 4.90 Å². The van der Waals surface area contributed by atoms with E-state index < -0.39 is 34.1 Å². The van der Waals surface area contributed by atoms with Gasteiger partial charge in [0.25, 0.3) is 10.0 Å². The molecule has 0 saturated carbocycles. The van der Waals surface area contributed by atoms with Crippen molar-refractivity contribution in [1.82, 2.24) is 4.90 Å².